The second-order valence-electron chi connectivity index (χ2n) is 14.7. The third-order valence-electron chi connectivity index (χ3n) is 11.3. The molecule has 47 heavy (non-hydrogen) atoms. The van der Waals surface area contributed by atoms with Gasteiger partial charge in [0.1, 0.15) is 23.8 Å². The number of aryl methyl sites for hydroxylation is 2. The Balaban J connectivity index is 0.932. The van der Waals surface area contributed by atoms with Crippen molar-refractivity contribution in [3.05, 3.63) is 52.4 Å². The molecule has 2 bridgehead atoms. The number of thiophene rings is 1. The number of likely N-dealkylation sites (tertiary alicyclic amines) is 1. The minimum absolute atomic E-state index is 0.129. The van der Waals surface area contributed by atoms with E-state index in [1.807, 2.05) is 0 Å². The molecule has 2 N–H and O–H groups in total. The molecule has 5 fully saturated rings. The van der Waals surface area contributed by atoms with Crippen LogP contribution in [0.2, 0.25) is 0 Å². The first-order valence-electron chi connectivity index (χ1n) is 17.6. The second kappa shape index (κ2) is 13.0. The summed E-state index contributed by atoms with van der Waals surface area (Å²) in [6, 6.07) is 9.80. The number of nitrogens with zero attached hydrogens (tertiary/aromatic N) is 4. The number of aromatic nitrogens is 1. The average Bonchev–Trinajstić information content (AvgIpc) is 3.89. The van der Waals surface area contributed by atoms with E-state index in [1.54, 1.807) is 11.3 Å². The predicted molar refractivity (Wildman–Crippen MR) is 187 cm³/mol. The van der Waals surface area contributed by atoms with Crippen LogP contribution in [0.15, 0.2) is 30.8 Å². The number of aliphatic hydroxyl groups excluding tert-OH is 1. The summed E-state index contributed by atoms with van der Waals surface area (Å²) in [5.74, 6) is 0.129. The lowest BCUT2D eigenvalue weighted by Gasteiger charge is -2.36. The van der Waals surface area contributed by atoms with Crippen LogP contribution in [-0.2, 0) is 20.7 Å². The fourth-order valence-corrected chi connectivity index (χ4v) is 9.98. The van der Waals surface area contributed by atoms with Gasteiger partial charge in [-0.15, -0.1) is 11.3 Å². The summed E-state index contributed by atoms with van der Waals surface area (Å²) >= 11 is 1.67. The van der Waals surface area contributed by atoms with Gasteiger partial charge in [0.15, 0.2) is 0 Å². The lowest BCUT2D eigenvalue weighted by atomic mass is 9.99. The fourth-order valence-electron chi connectivity index (χ4n) is 8.93. The molecule has 1 unspecified atom stereocenters. The summed E-state index contributed by atoms with van der Waals surface area (Å²) in [6.07, 6.45) is 5.43. The van der Waals surface area contributed by atoms with Gasteiger partial charge in [-0.2, -0.15) is 0 Å². The Morgan fingerprint density at radius 1 is 0.936 bits per heavy atom. The van der Waals surface area contributed by atoms with E-state index >= 15 is 0 Å². The molecule has 5 aliphatic rings. The zero-order valence-corrected chi connectivity index (χ0v) is 28.7. The number of H-pyrrole nitrogens is 1. The quantitative estimate of drug-likeness (QED) is 0.315. The number of piperazine rings is 1. The normalized spacial score (nSPS) is 27.3. The number of aliphatic hydroxyl groups is 1. The van der Waals surface area contributed by atoms with Crippen LogP contribution in [-0.4, -0.2) is 132 Å². The van der Waals surface area contributed by atoms with E-state index in [1.165, 1.54) is 33.3 Å². The number of fused-ring (bicyclic) bond motifs is 4. The average molecular weight is 660 g/mol. The molecule has 5 saturated heterocycles. The van der Waals surface area contributed by atoms with Gasteiger partial charge in [-0.05, 0) is 75.3 Å². The molecule has 9 nitrogen and oxygen atoms in total. The number of benzene rings is 1. The molecule has 7 heterocycles. The van der Waals surface area contributed by atoms with Crippen LogP contribution in [0.25, 0.3) is 27.0 Å². The van der Waals surface area contributed by atoms with E-state index in [-0.39, 0.29) is 24.2 Å². The van der Waals surface area contributed by atoms with E-state index in [4.69, 9.17) is 9.47 Å². The van der Waals surface area contributed by atoms with Gasteiger partial charge in [-0.1, -0.05) is 23.8 Å². The Morgan fingerprint density at radius 3 is 2.21 bits per heavy atom. The highest BCUT2D eigenvalue weighted by molar-refractivity contribution is 7.20. The van der Waals surface area contributed by atoms with E-state index in [9.17, 15) is 9.90 Å². The number of amides is 1. The first-order chi connectivity index (χ1) is 22.8. The monoisotopic (exact) mass is 659 g/mol. The van der Waals surface area contributed by atoms with Crippen LogP contribution < -0.4 is 0 Å². The molecule has 3 atom stereocenters. The van der Waals surface area contributed by atoms with Crippen LogP contribution in [0.3, 0.4) is 0 Å². The van der Waals surface area contributed by atoms with Crippen molar-refractivity contribution in [3.8, 4) is 11.3 Å². The highest BCUT2D eigenvalue weighted by atomic mass is 32.1. The summed E-state index contributed by atoms with van der Waals surface area (Å²) < 4.78 is 11.3. The van der Waals surface area contributed by atoms with Gasteiger partial charge >= 0.3 is 0 Å². The summed E-state index contributed by atoms with van der Waals surface area (Å²) in [4.78, 5) is 28.9. The molecular formula is C37H49N5O4S. The zero-order chi connectivity index (χ0) is 32.2. The standard InChI is InChI=1S/C37H49N5O4S/c1-23-14-24(2)16-26(15-23)35-30(31-17-34(47-36(31)38-35)25(3)37(44)42-27-4-5-28(42)7-6-27)8-9-39-10-12-40(13-11-39)18-29(43)19-41-20-32-33(21-41)46-22-45-32/h14-17,27-29,32-33,38,43H,3-13,18-22H2,1-2H3/t27?,28?,29?,32-,33+. The topological polar surface area (TPSA) is 84.5 Å². The van der Waals surface area contributed by atoms with Gasteiger partial charge in [0, 0.05) is 86.8 Å². The summed E-state index contributed by atoms with van der Waals surface area (Å²) in [5, 5.41) is 12.1. The van der Waals surface area contributed by atoms with Gasteiger partial charge in [0.05, 0.1) is 11.8 Å². The number of ether oxygens (including phenoxy) is 2. The lowest BCUT2D eigenvalue weighted by molar-refractivity contribution is -0.126. The number of carbonyl (C=O) groups excluding carboxylic acids is 1. The number of nitrogens with one attached hydrogen (secondary N) is 1. The molecule has 1 amide bonds. The van der Waals surface area contributed by atoms with Crippen molar-refractivity contribution in [1.82, 2.24) is 24.6 Å². The van der Waals surface area contributed by atoms with Crippen LogP contribution in [0.1, 0.15) is 47.3 Å². The van der Waals surface area contributed by atoms with E-state index < -0.39 is 0 Å². The fraction of sp³-hybridized carbons (Fsp3) is 0.595. The highest BCUT2D eigenvalue weighted by Gasteiger charge is 2.43. The van der Waals surface area contributed by atoms with Crippen molar-refractivity contribution in [3.63, 3.8) is 0 Å². The molecule has 0 saturated carbocycles. The van der Waals surface area contributed by atoms with Gasteiger partial charge in [-0.3, -0.25) is 14.6 Å². The lowest BCUT2D eigenvalue weighted by Crippen LogP contribution is -2.50. The summed E-state index contributed by atoms with van der Waals surface area (Å²) in [7, 11) is 0. The Kier molecular flexibility index (Phi) is 8.79. The van der Waals surface area contributed by atoms with Crippen LogP contribution in [0.4, 0.5) is 0 Å². The molecule has 3 aromatic rings. The van der Waals surface area contributed by atoms with E-state index in [2.05, 4.69) is 69.3 Å². The van der Waals surface area contributed by atoms with Crippen molar-refractivity contribution in [2.45, 2.75) is 76.3 Å². The molecule has 5 aliphatic heterocycles. The Bertz CT molecular complexity index is 1590. The smallest absolute Gasteiger partial charge is 0.255 e. The number of β-amino-alcohol motifs (C(OH)–C–C–N with tert-alkyl or cyclic N) is 1. The second-order valence-corrected chi connectivity index (χ2v) is 15.7. The van der Waals surface area contributed by atoms with Crippen LogP contribution in [0, 0.1) is 13.8 Å². The molecule has 2 aromatic heterocycles. The molecule has 1 aromatic carbocycles. The minimum Gasteiger partial charge on any atom is -0.390 e. The number of aromatic amines is 1. The zero-order valence-electron chi connectivity index (χ0n) is 27.9. The van der Waals surface area contributed by atoms with Gasteiger partial charge in [0.25, 0.3) is 5.91 Å². The molecule has 252 valence electrons. The van der Waals surface area contributed by atoms with Gasteiger partial charge in [-0.25, -0.2) is 0 Å². The summed E-state index contributed by atoms with van der Waals surface area (Å²) in [6.45, 7) is 17.0. The first-order valence-corrected chi connectivity index (χ1v) is 18.4. The van der Waals surface area contributed by atoms with Crippen molar-refractivity contribution in [2.24, 2.45) is 0 Å². The van der Waals surface area contributed by atoms with Crippen molar-refractivity contribution in [1.29, 1.82) is 0 Å². The third kappa shape index (κ3) is 6.34. The Hall–Kier alpha value is -2.57. The Labute approximate surface area is 282 Å². The van der Waals surface area contributed by atoms with E-state index in [0.717, 1.165) is 87.6 Å². The number of hydrogen-bond acceptors (Lipinski definition) is 8. The molecule has 0 aliphatic carbocycles. The van der Waals surface area contributed by atoms with Crippen molar-refractivity contribution < 1.29 is 19.4 Å². The molecule has 0 spiro atoms. The minimum atomic E-state index is -0.371. The molecule has 0 radical (unpaired) electrons. The van der Waals surface area contributed by atoms with Gasteiger partial charge < -0.3 is 29.4 Å². The van der Waals surface area contributed by atoms with Crippen LogP contribution >= 0.6 is 11.3 Å². The Morgan fingerprint density at radius 2 is 1.55 bits per heavy atom. The van der Waals surface area contributed by atoms with Crippen molar-refractivity contribution in [2.75, 3.05) is 65.7 Å². The number of carbonyl (C=O) groups is 1. The highest BCUT2D eigenvalue weighted by Crippen LogP contribution is 2.42. The SMILES string of the molecule is C=C(C(=O)N1C2CCC1CC2)c1cc2c(CCN3CCN(CC(O)CN4C[C@@H]5OCO[C@@H]5C4)CC3)c(-c3cc(C)cc(C)c3)[nH]c2s1. The number of hydrogen-bond donors (Lipinski definition) is 2. The summed E-state index contributed by atoms with van der Waals surface area (Å²) in [5.41, 5.74) is 6.92. The van der Waals surface area contributed by atoms with E-state index in [0.29, 0.717) is 37.5 Å². The molecular weight excluding hydrogens is 611 g/mol. The predicted octanol–water partition coefficient (Wildman–Crippen LogP) is 4.26. The van der Waals surface area contributed by atoms with Crippen molar-refractivity contribution >= 4 is 33.0 Å². The largest absolute Gasteiger partial charge is 0.390 e. The molecule has 10 heteroatoms. The van der Waals surface area contributed by atoms with Gasteiger partial charge in [0.2, 0.25) is 0 Å². The first kappa shape index (κ1) is 31.7. The van der Waals surface area contributed by atoms with Crippen LogP contribution in [0.5, 0.6) is 0 Å². The maximum Gasteiger partial charge on any atom is 0.255 e. The maximum absolute atomic E-state index is 13.6. The maximum atomic E-state index is 13.6. The third-order valence-corrected chi connectivity index (χ3v) is 12.4. The number of rotatable bonds is 10. The molecule has 8 rings (SSSR count).